The van der Waals surface area contributed by atoms with Crippen molar-refractivity contribution in [2.45, 2.75) is 6.54 Å². The number of fused-ring (bicyclic) bond motifs is 2. The van der Waals surface area contributed by atoms with E-state index in [-0.39, 0.29) is 0 Å². The molecule has 4 rings (SSSR count). The zero-order valence-corrected chi connectivity index (χ0v) is 12.7. The highest BCUT2D eigenvalue weighted by Gasteiger charge is 2.08. The molecule has 0 saturated heterocycles. The molecule has 0 bridgehead atoms. The van der Waals surface area contributed by atoms with Gasteiger partial charge in [0.05, 0.1) is 5.69 Å². The first-order chi connectivity index (χ1) is 11.3. The Labute approximate surface area is 135 Å². The van der Waals surface area contributed by atoms with Crippen LogP contribution in [-0.2, 0) is 6.54 Å². The minimum atomic E-state index is 0.324. The van der Waals surface area contributed by atoms with E-state index in [0.717, 1.165) is 11.3 Å². The Morgan fingerprint density at radius 1 is 0.696 bits per heavy atom. The highest BCUT2D eigenvalue weighted by atomic mass is 16.3. The van der Waals surface area contributed by atoms with Gasteiger partial charge in [-0.3, -0.25) is 0 Å². The van der Waals surface area contributed by atoms with Crippen LogP contribution < -0.4 is 5.32 Å². The van der Waals surface area contributed by atoms with Gasteiger partial charge in [-0.25, -0.2) is 0 Å². The number of anilines is 1. The average Bonchev–Trinajstić information content (AvgIpc) is 2.60. The lowest BCUT2D eigenvalue weighted by Gasteiger charge is -2.14. The summed E-state index contributed by atoms with van der Waals surface area (Å²) in [7, 11) is 0. The van der Waals surface area contributed by atoms with Crippen molar-refractivity contribution in [1.29, 1.82) is 0 Å². The summed E-state index contributed by atoms with van der Waals surface area (Å²) in [6.45, 7) is 0.588. The Morgan fingerprint density at radius 3 is 1.91 bits per heavy atom. The molecule has 0 radical (unpaired) electrons. The molecule has 0 aromatic heterocycles. The normalized spacial score (nSPS) is 11.0. The lowest BCUT2D eigenvalue weighted by Crippen LogP contribution is -2.01. The number of hydrogen-bond donors (Lipinski definition) is 2. The summed E-state index contributed by atoms with van der Waals surface area (Å²) >= 11 is 0. The predicted octanol–water partition coefficient (Wildman–Crippen LogP) is 5.31. The Morgan fingerprint density at radius 2 is 1.26 bits per heavy atom. The van der Waals surface area contributed by atoms with Crippen LogP contribution in [0.1, 0.15) is 5.56 Å². The van der Waals surface area contributed by atoms with Crippen molar-refractivity contribution in [3.63, 3.8) is 0 Å². The lowest BCUT2D eigenvalue weighted by atomic mass is 10.0. The number of nitrogens with one attached hydrogen (secondary N) is 1. The van der Waals surface area contributed by atoms with E-state index in [1.165, 1.54) is 21.5 Å². The largest absolute Gasteiger partial charge is 0.508 e. The van der Waals surface area contributed by atoms with Gasteiger partial charge in [0.25, 0.3) is 0 Å². The van der Waals surface area contributed by atoms with Gasteiger partial charge in [0.15, 0.2) is 0 Å². The maximum atomic E-state index is 9.98. The average molecular weight is 299 g/mol. The second-order valence-corrected chi connectivity index (χ2v) is 5.68. The van der Waals surface area contributed by atoms with Crippen molar-refractivity contribution < 1.29 is 5.11 Å². The van der Waals surface area contributed by atoms with Gasteiger partial charge in [-0.05, 0) is 22.9 Å². The summed E-state index contributed by atoms with van der Waals surface area (Å²) in [5.41, 5.74) is 2.01. The van der Waals surface area contributed by atoms with E-state index in [2.05, 4.69) is 59.9 Å². The third kappa shape index (κ3) is 2.49. The summed E-state index contributed by atoms with van der Waals surface area (Å²) in [6, 6.07) is 26.4. The summed E-state index contributed by atoms with van der Waals surface area (Å²) in [6.07, 6.45) is 0. The van der Waals surface area contributed by atoms with Gasteiger partial charge in [-0.15, -0.1) is 0 Å². The second-order valence-electron chi connectivity index (χ2n) is 5.68. The molecule has 4 aromatic rings. The van der Waals surface area contributed by atoms with Crippen LogP contribution in [0.15, 0.2) is 78.9 Å². The van der Waals surface area contributed by atoms with E-state index >= 15 is 0 Å². The van der Waals surface area contributed by atoms with Gasteiger partial charge in [-0.1, -0.05) is 66.7 Å². The Hall–Kier alpha value is -3.00. The van der Waals surface area contributed by atoms with E-state index in [0.29, 0.717) is 12.3 Å². The first-order valence-corrected chi connectivity index (χ1v) is 7.74. The molecule has 0 aliphatic carbocycles. The van der Waals surface area contributed by atoms with E-state index in [1.54, 1.807) is 6.07 Å². The van der Waals surface area contributed by atoms with Crippen LogP contribution in [0.3, 0.4) is 0 Å². The zero-order valence-electron chi connectivity index (χ0n) is 12.7. The van der Waals surface area contributed by atoms with Crippen LogP contribution in [0.5, 0.6) is 5.75 Å². The molecule has 0 heterocycles. The summed E-state index contributed by atoms with van der Waals surface area (Å²) in [4.78, 5) is 0. The molecule has 0 fully saturated rings. The molecular weight excluding hydrogens is 282 g/mol. The van der Waals surface area contributed by atoms with Crippen molar-refractivity contribution in [1.82, 2.24) is 0 Å². The van der Waals surface area contributed by atoms with Crippen LogP contribution >= 0.6 is 0 Å². The number of aromatic hydroxyl groups is 1. The molecule has 112 valence electrons. The Kier molecular flexibility index (Phi) is 3.35. The van der Waals surface area contributed by atoms with Gasteiger partial charge in [0.1, 0.15) is 5.75 Å². The van der Waals surface area contributed by atoms with Crippen LogP contribution in [0.2, 0.25) is 0 Å². The molecule has 2 N–H and O–H groups in total. The maximum absolute atomic E-state index is 9.98. The molecule has 4 aromatic carbocycles. The molecule has 0 amide bonds. The highest BCUT2D eigenvalue weighted by molar-refractivity contribution is 6.10. The number of hydrogen-bond acceptors (Lipinski definition) is 2. The SMILES string of the molecule is Oc1ccccc1CNc1c2ccccc2cc2ccccc12. The van der Waals surface area contributed by atoms with Crippen molar-refractivity contribution in [3.05, 3.63) is 84.4 Å². The number of rotatable bonds is 3. The zero-order chi connectivity index (χ0) is 15.6. The van der Waals surface area contributed by atoms with Crippen molar-refractivity contribution in [2.24, 2.45) is 0 Å². The fraction of sp³-hybridized carbons (Fsp3) is 0.0476. The molecule has 0 saturated carbocycles. The lowest BCUT2D eigenvalue weighted by molar-refractivity contribution is 0.469. The summed E-state index contributed by atoms with van der Waals surface area (Å²) < 4.78 is 0. The molecular formula is C21H17NO. The number of phenols is 1. The van der Waals surface area contributed by atoms with Gasteiger partial charge >= 0.3 is 0 Å². The standard InChI is InChI=1S/C21H17NO/c23-20-12-6-3-9-17(20)14-22-21-18-10-4-1-7-15(18)13-16-8-2-5-11-19(16)21/h1-13,22-23H,14H2. The van der Waals surface area contributed by atoms with E-state index in [9.17, 15) is 5.11 Å². The van der Waals surface area contributed by atoms with Gasteiger partial charge < -0.3 is 10.4 Å². The Bertz CT molecular complexity index is 937. The van der Waals surface area contributed by atoms with Crippen LogP contribution in [0.4, 0.5) is 5.69 Å². The molecule has 0 spiro atoms. The molecule has 0 unspecified atom stereocenters. The van der Waals surface area contributed by atoms with Gasteiger partial charge in [0, 0.05) is 22.9 Å². The fourth-order valence-electron chi connectivity index (χ4n) is 3.05. The maximum Gasteiger partial charge on any atom is 0.120 e. The van der Waals surface area contributed by atoms with Gasteiger partial charge in [0.2, 0.25) is 0 Å². The third-order valence-corrected chi connectivity index (χ3v) is 4.22. The Balaban J connectivity index is 1.84. The molecule has 0 aliphatic rings. The summed E-state index contributed by atoms with van der Waals surface area (Å²) in [5, 5.41) is 18.3. The fourth-order valence-corrected chi connectivity index (χ4v) is 3.05. The molecule has 2 heteroatoms. The summed E-state index contributed by atoms with van der Waals surface area (Å²) in [5.74, 6) is 0.324. The molecule has 23 heavy (non-hydrogen) atoms. The minimum absolute atomic E-state index is 0.324. The third-order valence-electron chi connectivity index (χ3n) is 4.22. The van der Waals surface area contributed by atoms with Crippen LogP contribution in [-0.4, -0.2) is 5.11 Å². The van der Waals surface area contributed by atoms with Crippen LogP contribution in [0.25, 0.3) is 21.5 Å². The van der Waals surface area contributed by atoms with Crippen molar-refractivity contribution >= 4 is 27.2 Å². The number of benzene rings is 4. The van der Waals surface area contributed by atoms with Crippen LogP contribution in [0, 0.1) is 0 Å². The first-order valence-electron chi connectivity index (χ1n) is 7.74. The minimum Gasteiger partial charge on any atom is -0.508 e. The highest BCUT2D eigenvalue weighted by Crippen LogP contribution is 2.33. The second kappa shape index (κ2) is 5.65. The molecule has 2 nitrogen and oxygen atoms in total. The number of phenolic OH excluding ortho intramolecular Hbond substituents is 1. The molecule has 0 atom stereocenters. The monoisotopic (exact) mass is 299 g/mol. The van der Waals surface area contributed by atoms with Crippen molar-refractivity contribution in [2.75, 3.05) is 5.32 Å². The van der Waals surface area contributed by atoms with Crippen molar-refractivity contribution in [3.8, 4) is 5.75 Å². The number of para-hydroxylation sites is 1. The smallest absolute Gasteiger partial charge is 0.120 e. The van der Waals surface area contributed by atoms with Gasteiger partial charge in [-0.2, -0.15) is 0 Å². The topological polar surface area (TPSA) is 32.3 Å². The predicted molar refractivity (Wildman–Crippen MR) is 96.9 cm³/mol. The first kappa shape index (κ1) is 13.6. The molecule has 0 aliphatic heterocycles. The van der Waals surface area contributed by atoms with E-state index in [1.807, 2.05) is 18.2 Å². The van der Waals surface area contributed by atoms with E-state index in [4.69, 9.17) is 0 Å². The van der Waals surface area contributed by atoms with E-state index < -0.39 is 0 Å². The quantitative estimate of drug-likeness (QED) is 0.502.